The van der Waals surface area contributed by atoms with Gasteiger partial charge in [0.1, 0.15) is 0 Å². The van der Waals surface area contributed by atoms with Crippen LogP contribution in [0.1, 0.15) is 29.8 Å². The second-order valence-electron chi connectivity index (χ2n) is 4.68. The minimum Gasteiger partial charge on any atom is -0.481 e. The van der Waals surface area contributed by atoms with Gasteiger partial charge in [-0.3, -0.25) is 9.59 Å². The van der Waals surface area contributed by atoms with Crippen LogP contribution < -0.4 is 4.90 Å². The molecule has 20 heavy (non-hydrogen) atoms. The molecule has 2 N–H and O–H groups in total. The van der Waals surface area contributed by atoms with E-state index in [1.165, 1.54) is 30.9 Å². The molecule has 108 valence electrons. The highest BCUT2D eigenvalue weighted by Crippen LogP contribution is 2.23. The van der Waals surface area contributed by atoms with Crippen LogP contribution in [0, 0.1) is 12.8 Å². The van der Waals surface area contributed by atoms with Crippen LogP contribution in [0.15, 0.2) is 18.2 Å². The first kappa shape index (κ1) is 15.7. The summed E-state index contributed by atoms with van der Waals surface area (Å²) in [6, 6.07) is 4.42. The summed E-state index contributed by atoms with van der Waals surface area (Å²) in [5.41, 5.74) is 1.19. The Balaban J connectivity index is 3.21. The predicted molar refractivity (Wildman–Crippen MR) is 73.0 cm³/mol. The predicted octanol–water partition coefficient (Wildman–Crippen LogP) is 1.77. The van der Waals surface area contributed by atoms with Crippen LogP contribution in [0.25, 0.3) is 0 Å². The Morgan fingerprint density at radius 1 is 1.25 bits per heavy atom. The molecule has 1 aromatic carbocycles. The number of rotatable bonds is 5. The molecule has 0 radical (unpaired) electrons. The maximum Gasteiger partial charge on any atom is 0.335 e. The van der Waals surface area contributed by atoms with E-state index in [4.69, 9.17) is 10.2 Å². The summed E-state index contributed by atoms with van der Waals surface area (Å²) in [4.78, 5) is 34.9. The molecule has 1 amide bonds. The Labute approximate surface area is 116 Å². The number of carbonyl (C=O) groups is 3. The number of hydrogen-bond donors (Lipinski definition) is 2. The average Bonchev–Trinajstić information content (AvgIpc) is 2.35. The quantitative estimate of drug-likeness (QED) is 0.856. The number of anilines is 1. The monoisotopic (exact) mass is 279 g/mol. The van der Waals surface area contributed by atoms with E-state index in [-0.39, 0.29) is 18.0 Å². The Hall–Kier alpha value is -2.37. The van der Waals surface area contributed by atoms with Crippen molar-refractivity contribution in [2.75, 3.05) is 11.4 Å². The van der Waals surface area contributed by atoms with Gasteiger partial charge >= 0.3 is 11.9 Å². The zero-order valence-electron chi connectivity index (χ0n) is 11.6. The maximum atomic E-state index is 11.7. The number of aromatic carboxylic acids is 1. The van der Waals surface area contributed by atoms with Crippen LogP contribution in [0.2, 0.25) is 0 Å². The van der Waals surface area contributed by atoms with Gasteiger partial charge in [-0.2, -0.15) is 0 Å². The molecule has 1 rings (SSSR count). The van der Waals surface area contributed by atoms with Gasteiger partial charge in [0.25, 0.3) is 0 Å². The molecule has 0 heterocycles. The minimum atomic E-state index is -1.10. The highest BCUT2D eigenvalue weighted by Gasteiger charge is 2.21. The lowest BCUT2D eigenvalue weighted by molar-refractivity contribution is -0.140. The molecule has 1 atom stereocenters. The fourth-order valence-corrected chi connectivity index (χ4v) is 1.78. The van der Waals surface area contributed by atoms with E-state index >= 15 is 0 Å². The molecule has 0 bridgehead atoms. The third-order valence-electron chi connectivity index (χ3n) is 3.00. The van der Waals surface area contributed by atoms with Gasteiger partial charge in [-0.25, -0.2) is 4.79 Å². The van der Waals surface area contributed by atoms with E-state index in [1.807, 2.05) is 0 Å². The van der Waals surface area contributed by atoms with Crippen molar-refractivity contribution in [1.29, 1.82) is 0 Å². The third-order valence-corrected chi connectivity index (χ3v) is 3.00. The number of benzene rings is 1. The molecule has 0 aliphatic heterocycles. The van der Waals surface area contributed by atoms with Gasteiger partial charge in [0.2, 0.25) is 5.91 Å². The number of carbonyl (C=O) groups excluding carboxylic acids is 1. The van der Waals surface area contributed by atoms with Crippen LogP contribution >= 0.6 is 0 Å². The smallest absolute Gasteiger partial charge is 0.335 e. The summed E-state index contributed by atoms with van der Waals surface area (Å²) >= 11 is 0. The molecular formula is C14H17NO5. The number of aliphatic carboxylic acids is 1. The maximum absolute atomic E-state index is 11.7. The van der Waals surface area contributed by atoms with Crippen molar-refractivity contribution in [2.45, 2.75) is 20.8 Å². The van der Waals surface area contributed by atoms with E-state index in [0.29, 0.717) is 11.3 Å². The number of amides is 1. The Bertz CT molecular complexity index is 552. The first-order chi connectivity index (χ1) is 9.23. The zero-order chi connectivity index (χ0) is 15.4. The van der Waals surface area contributed by atoms with Gasteiger partial charge in [0.15, 0.2) is 0 Å². The highest BCUT2D eigenvalue weighted by molar-refractivity contribution is 5.95. The summed E-state index contributed by atoms with van der Waals surface area (Å²) in [7, 11) is 0. The van der Waals surface area contributed by atoms with Gasteiger partial charge in [-0.05, 0) is 24.6 Å². The molecule has 1 aromatic rings. The van der Waals surface area contributed by atoms with Gasteiger partial charge in [0, 0.05) is 19.2 Å². The molecule has 1 unspecified atom stereocenters. The van der Waals surface area contributed by atoms with E-state index in [1.54, 1.807) is 13.0 Å². The zero-order valence-corrected chi connectivity index (χ0v) is 11.6. The number of carboxylic acid groups (broad SMARTS) is 2. The van der Waals surface area contributed by atoms with Gasteiger partial charge < -0.3 is 15.1 Å². The van der Waals surface area contributed by atoms with Crippen LogP contribution in [0.4, 0.5) is 5.69 Å². The average molecular weight is 279 g/mol. The van der Waals surface area contributed by atoms with Crippen LogP contribution in [-0.2, 0) is 9.59 Å². The van der Waals surface area contributed by atoms with Crippen molar-refractivity contribution < 1.29 is 24.6 Å². The lowest BCUT2D eigenvalue weighted by Crippen LogP contribution is -2.36. The number of carboxylic acids is 2. The van der Waals surface area contributed by atoms with E-state index < -0.39 is 17.9 Å². The molecule has 6 nitrogen and oxygen atoms in total. The van der Waals surface area contributed by atoms with Gasteiger partial charge in [-0.1, -0.05) is 13.0 Å². The number of hydrogen-bond acceptors (Lipinski definition) is 3. The Kier molecular flexibility index (Phi) is 4.85. The standard InChI is InChI=1S/C14H17NO5/c1-8-4-5-11(14(19)20)6-12(8)15(10(3)16)7-9(2)13(17)18/h4-6,9H,7H2,1-3H3,(H,17,18)(H,19,20). The second kappa shape index (κ2) is 6.18. The van der Waals surface area contributed by atoms with Crippen molar-refractivity contribution in [3.8, 4) is 0 Å². The molecular weight excluding hydrogens is 262 g/mol. The van der Waals surface area contributed by atoms with Crippen molar-refractivity contribution in [3.63, 3.8) is 0 Å². The Morgan fingerprint density at radius 3 is 2.30 bits per heavy atom. The fraction of sp³-hybridized carbons (Fsp3) is 0.357. The van der Waals surface area contributed by atoms with E-state index in [0.717, 1.165) is 0 Å². The van der Waals surface area contributed by atoms with Gasteiger partial charge in [0.05, 0.1) is 11.5 Å². The minimum absolute atomic E-state index is 0.00538. The topological polar surface area (TPSA) is 94.9 Å². The summed E-state index contributed by atoms with van der Waals surface area (Å²) in [6.07, 6.45) is 0. The normalized spacial score (nSPS) is 11.8. The van der Waals surface area contributed by atoms with E-state index in [9.17, 15) is 14.4 Å². The molecule has 0 saturated carbocycles. The van der Waals surface area contributed by atoms with Crippen LogP contribution in [0.3, 0.4) is 0 Å². The number of aryl methyl sites for hydroxylation is 1. The summed E-state index contributed by atoms with van der Waals surface area (Å²) in [5, 5.41) is 17.9. The molecule has 0 spiro atoms. The number of nitrogens with zero attached hydrogens (tertiary/aromatic N) is 1. The van der Waals surface area contributed by atoms with Crippen LogP contribution in [-0.4, -0.2) is 34.6 Å². The lowest BCUT2D eigenvalue weighted by Gasteiger charge is -2.25. The highest BCUT2D eigenvalue weighted by atomic mass is 16.4. The molecule has 0 aliphatic rings. The van der Waals surface area contributed by atoms with Crippen molar-refractivity contribution >= 4 is 23.5 Å². The second-order valence-corrected chi connectivity index (χ2v) is 4.68. The molecule has 6 heteroatoms. The molecule has 0 aromatic heterocycles. The van der Waals surface area contributed by atoms with Crippen molar-refractivity contribution in [1.82, 2.24) is 0 Å². The Morgan fingerprint density at radius 2 is 1.85 bits per heavy atom. The fourth-order valence-electron chi connectivity index (χ4n) is 1.78. The first-order valence-electron chi connectivity index (χ1n) is 6.09. The van der Waals surface area contributed by atoms with E-state index in [2.05, 4.69) is 0 Å². The molecule has 0 saturated heterocycles. The SMILES string of the molecule is CC(=O)N(CC(C)C(=O)O)c1cc(C(=O)O)ccc1C. The largest absolute Gasteiger partial charge is 0.481 e. The summed E-state index contributed by atoms with van der Waals surface area (Å²) in [6.45, 7) is 4.55. The third kappa shape index (κ3) is 3.57. The van der Waals surface area contributed by atoms with Crippen LogP contribution in [0.5, 0.6) is 0 Å². The van der Waals surface area contributed by atoms with Gasteiger partial charge in [-0.15, -0.1) is 0 Å². The molecule has 0 fully saturated rings. The summed E-state index contributed by atoms with van der Waals surface area (Å²) < 4.78 is 0. The molecule has 0 aliphatic carbocycles. The first-order valence-corrected chi connectivity index (χ1v) is 6.09. The van der Waals surface area contributed by atoms with Crippen molar-refractivity contribution in [2.24, 2.45) is 5.92 Å². The van der Waals surface area contributed by atoms with Crippen molar-refractivity contribution in [3.05, 3.63) is 29.3 Å². The lowest BCUT2D eigenvalue weighted by atomic mass is 10.1. The summed E-state index contributed by atoms with van der Waals surface area (Å²) in [5.74, 6) is -3.18.